The van der Waals surface area contributed by atoms with E-state index in [4.69, 9.17) is 4.74 Å². The number of rotatable bonds is 3. The quantitative estimate of drug-likeness (QED) is 0.803. The normalized spacial score (nSPS) is 26.1. The Bertz CT molecular complexity index is 397. The number of morpholine rings is 1. The van der Waals surface area contributed by atoms with Gasteiger partial charge in [-0.25, -0.2) is 0 Å². The highest BCUT2D eigenvalue weighted by Gasteiger charge is 2.24. The summed E-state index contributed by atoms with van der Waals surface area (Å²) in [6, 6.07) is 3.80. The molecule has 5 heteroatoms. The minimum absolute atomic E-state index is 0.196. The minimum atomic E-state index is 0.196. The Kier molecular flexibility index (Phi) is 4.36. The second-order valence-corrected chi connectivity index (χ2v) is 6.94. The number of ketones is 1. The third-order valence-electron chi connectivity index (χ3n) is 2.71. The van der Waals surface area contributed by atoms with Crippen LogP contribution in [0.1, 0.15) is 23.5 Å². The van der Waals surface area contributed by atoms with Crippen LogP contribution in [-0.2, 0) is 4.74 Å². The molecule has 1 saturated heterocycles. The van der Waals surface area contributed by atoms with Crippen LogP contribution < -0.4 is 0 Å². The molecule has 1 aromatic heterocycles. The lowest BCUT2D eigenvalue weighted by Gasteiger charge is -2.34. The first-order chi connectivity index (χ1) is 8.04. The van der Waals surface area contributed by atoms with E-state index in [0.717, 1.165) is 21.8 Å². The van der Waals surface area contributed by atoms with Crippen LogP contribution >= 0.6 is 27.3 Å². The monoisotopic (exact) mass is 317 g/mol. The van der Waals surface area contributed by atoms with E-state index in [-0.39, 0.29) is 18.0 Å². The first-order valence-electron chi connectivity index (χ1n) is 5.71. The van der Waals surface area contributed by atoms with Crippen molar-refractivity contribution in [2.45, 2.75) is 26.1 Å². The maximum absolute atomic E-state index is 12.0. The molecule has 0 N–H and O–H groups in total. The van der Waals surface area contributed by atoms with Crippen LogP contribution in [0, 0.1) is 0 Å². The first-order valence-corrected chi connectivity index (χ1v) is 7.32. The molecule has 0 bridgehead atoms. The molecule has 0 amide bonds. The lowest BCUT2D eigenvalue weighted by molar-refractivity contribution is -0.0652. The summed E-state index contributed by atoms with van der Waals surface area (Å²) in [5, 5.41) is 0. The molecule has 1 aliphatic heterocycles. The third kappa shape index (κ3) is 3.61. The predicted molar refractivity (Wildman–Crippen MR) is 72.8 cm³/mol. The lowest BCUT2D eigenvalue weighted by Crippen LogP contribution is -2.47. The lowest BCUT2D eigenvalue weighted by atomic mass is 10.2. The Balaban J connectivity index is 1.94. The molecule has 0 radical (unpaired) electrons. The fourth-order valence-corrected chi connectivity index (χ4v) is 3.47. The minimum Gasteiger partial charge on any atom is -0.373 e. The summed E-state index contributed by atoms with van der Waals surface area (Å²) in [5.41, 5.74) is 0. The molecule has 2 atom stereocenters. The van der Waals surface area contributed by atoms with Crippen LogP contribution in [-0.4, -0.2) is 42.5 Å². The number of carbonyl (C=O) groups is 1. The van der Waals surface area contributed by atoms with Crippen LogP contribution in [0.3, 0.4) is 0 Å². The van der Waals surface area contributed by atoms with Gasteiger partial charge in [0.25, 0.3) is 0 Å². The number of hydrogen-bond acceptors (Lipinski definition) is 4. The third-order valence-corrected chi connectivity index (χ3v) is 4.38. The summed E-state index contributed by atoms with van der Waals surface area (Å²) < 4.78 is 6.65. The Labute approximate surface area is 114 Å². The molecule has 0 spiro atoms. The summed E-state index contributed by atoms with van der Waals surface area (Å²) in [7, 11) is 0. The standard InChI is InChI=1S/C12H16BrNO2S/c1-8-5-14(6-9(2)16-8)7-10(15)11-3-4-12(13)17-11/h3-4,8-9H,5-7H2,1-2H3/t8-,9+. The molecular weight excluding hydrogens is 302 g/mol. The first kappa shape index (κ1) is 13.2. The van der Waals surface area contributed by atoms with Crippen molar-refractivity contribution in [1.82, 2.24) is 4.90 Å². The van der Waals surface area contributed by atoms with E-state index in [1.54, 1.807) is 0 Å². The molecule has 1 fully saturated rings. The van der Waals surface area contributed by atoms with Crippen molar-refractivity contribution >= 4 is 33.0 Å². The maximum Gasteiger partial charge on any atom is 0.186 e. The maximum atomic E-state index is 12.0. The average Bonchev–Trinajstić information content (AvgIpc) is 2.63. The summed E-state index contributed by atoms with van der Waals surface area (Å²) in [4.78, 5) is 15.0. The van der Waals surface area contributed by atoms with Crippen molar-refractivity contribution in [3.05, 3.63) is 20.8 Å². The van der Waals surface area contributed by atoms with E-state index in [1.165, 1.54) is 11.3 Å². The van der Waals surface area contributed by atoms with Gasteiger partial charge in [0, 0.05) is 13.1 Å². The van der Waals surface area contributed by atoms with Gasteiger partial charge >= 0.3 is 0 Å². The molecule has 0 aromatic carbocycles. The van der Waals surface area contributed by atoms with E-state index in [2.05, 4.69) is 34.7 Å². The fourth-order valence-electron chi connectivity index (χ4n) is 2.16. The molecule has 0 unspecified atom stereocenters. The van der Waals surface area contributed by atoms with Crippen molar-refractivity contribution in [3.63, 3.8) is 0 Å². The molecule has 17 heavy (non-hydrogen) atoms. The number of carbonyl (C=O) groups excluding carboxylic acids is 1. The van der Waals surface area contributed by atoms with Gasteiger partial charge in [-0.15, -0.1) is 11.3 Å². The van der Waals surface area contributed by atoms with E-state index < -0.39 is 0 Å². The Morgan fingerprint density at radius 1 is 1.47 bits per heavy atom. The van der Waals surface area contributed by atoms with Gasteiger partial charge in [-0.1, -0.05) is 0 Å². The smallest absolute Gasteiger partial charge is 0.186 e. The van der Waals surface area contributed by atoms with Crippen LogP contribution in [0.25, 0.3) is 0 Å². The number of thiophene rings is 1. The molecule has 0 aliphatic carbocycles. The zero-order valence-electron chi connectivity index (χ0n) is 9.98. The molecule has 3 nitrogen and oxygen atoms in total. The summed E-state index contributed by atoms with van der Waals surface area (Å²) >= 11 is 4.87. The van der Waals surface area contributed by atoms with Crippen molar-refractivity contribution < 1.29 is 9.53 Å². The van der Waals surface area contributed by atoms with E-state index in [9.17, 15) is 4.79 Å². The van der Waals surface area contributed by atoms with Gasteiger partial charge in [0.2, 0.25) is 0 Å². The van der Waals surface area contributed by atoms with Crippen LogP contribution in [0.2, 0.25) is 0 Å². The number of nitrogens with zero attached hydrogens (tertiary/aromatic N) is 1. The van der Waals surface area contributed by atoms with Gasteiger partial charge in [0.05, 0.1) is 27.4 Å². The Morgan fingerprint density at radius 3 is 2.65 bits per heavy atom. The van der Waals surface area contributed by atoms with Gasteiger partial charge in [-0.2, -0.15) is 0 Å². The zero-order chi connectivity index (χ0) is 12.4. The van der Waals surface area contributed by atoms with Gasteiger partial charge in [0.15, 0.2) is 5.78 Å². The largest absolute Gasteiger partial charge is 0.373 e. The number of Topliss-reactive ketones (excluding diaryl/α,β-unsaturated/α-hetero) is 1. The zero-order valence-corrected chi connectivity index (χ0v) is 12.4. The number of ether oxygens (including phenoxy) is 1. The van der Waals surface area contributed by atoms with Crippen LogP contribution in [0.5, 0.6) is 0 Å². The second-order valence-electron chi connectivity index (χ2n) is 4.48. The highest BCUT2D eigenvalue weighted by atomic mass is 79.9. The molecular formula is C12H16BrNO2S. The van der Waals surface area contributed by atoms with E-state index in [0.29, 0.717) is 6.54 Å². The SMILES string of the molecule is C[C@@H]1CN(CC(=O)c2ccc(Br)s2)C[C@H](C)O1. The van der Waals surface area contributed by atoms with Crippen molar-refractivity contribution in [1.29, 1.82) is 0 Å². The molecule has 94 valence electrons. The molecule has 2 rings (SSSR count). The Hall–Kier alpha value is -0.230. The van der Waals surface area contributed by atoms with Crippen molar-refractivity contribution in [2.24, 2.45) is 0 Å². The van der Waals surface area contributed by atoms with E-state index in [1.807, 2.05) is 12.1 Å². The Morgan fingerprint density at radius 2 is 2.12 bits per heavy atom. The molecule has 1 aromatic rings. The van der Waals surface area contributed by atoms with Crippen molar-refractivity contribution in [2.75, 3.05) is 19.6 Å². The number of halogens is 1. The second kappa shape index (κ2) is 5.61. The van der Waals surface area contributed by atoms with Gasteiger partial charge in [0.1, 0.15) is 0 Å². The van der Waals surface area contributed by atoms with Gasteiger partial charge in [-0.3, -0.25) is 9.69 Å². The molecule has 0 saturated carbocycles. The average molecular weight is 318 g/mol. The predicted octanol–water partition coefficient (Wildman–Crippen LogP) is 2.80. The van der Waals surface area contributed by atoms with Crippen molar-refractivity contribution in [3.8, 4) is 0 Å². The highest BCUT2D eigenvalue weighted by Crippen LogP contribution is 2.23. The van der Waals surface area contributed by atoms with Gasteiger partial charge in [-0.05, 0) is 41.9 Å². The summed E-state index contributed by atoms with van der Waals surface area (Å²) in [6.07, 6.45) is 0.420. The molecule has 1 aliphatic rings. The summed E-state index contributed by atoms with van der Waals surface area (Å²) in [5.74, 6) is 0.196. The van der Waals surface area contributed by atoms with Crippen LogP contribution in [0.4, 0.5) is 0 Å². The number of hydrogen-bond donors (Lipinski definition) is 0. The topological polar surface area (TPSA) is 29.5 Å². The fraction of sp³-hybridized carbons (Fsp3) is 0.583. The van der Waals surface area contributed by atoms with E-state index >= 15 is 0 Å². The summed E-state index contributed by atoms with van der Waals surface area (Å²) in [6.45, 7) is 6.26. The van der Waals surface area contributed by atoms with Gasteiger partial charge < -0.3 is 4.74 Å². The highest BCUT2D eigenvalue weighted by molar-refractivity contribution is 9.11. The molecule has 2 heterocycles. The van der Waals surface area contributed by atoms with Crippen LogP contribution in [0.15, 0.2) is 15.9 Å².